The zero-order chi connectivity index (χ0) is 14.5. The van der Waals surface area contributed by atoms with Crippen LogP contribution in [0.15, 0.2) is 11.6 Å². The van der Waals surface area contributed by atoms with Crippen LogP contribution in [-0.4, -0.2) is 29.0 Å². The van der Waals surface area contributed by atoms with E-state index < -0.39 is 0 Å². The summed E-state index contributed by atoms with van der Waals surface area (Å²) in [6, 6.07) is 0.206. The van der Waals surface area contributed by atoms with Crippen LogP contribution in [0.1, 0.15) is 45.2 Å². The van der Waals surface area contributed by atoms with Crippen LogP contribution in [0.25, 0.3) is 4.96 Å². The average molecular weight is 294 g/mol. The largest absolute Gasteiger partial charge is 0.358 e. The predicted octanol–water partition coefficient (Wildman–Crippen LogP) is 3.30. The molecule has 2 N–H and O–H groups in total. The van der Waals surface area contributed by atoms with Gasteiger partial charge in [-0.1, -0.05) is 26.7 Å². The minimum atomic E-state index is 0.206. The maximum atomic E-state index is 6.16. The normalized spacial score (nSPS) is 13.0. The number of hydrogen-bond acceptors (Lipinski definition) is 4. The smallest absolute Gasteiger partial charge is 0.195 e. The molecular formula is C15H26N4S. The van der Waals surface area contributed by atoms with Gasteiger partial charge in [0.15, 0.2) is 10.8 Å². The lowest BCUT2D eigenvalue weighted by Crippen LogP contribution is -2.25. The van der Waals surface area contributed by atoms with E-state index in [0.29, 0.717) is 0 Å². The van der Waals surface area contributed by atoms with Gasteiger partial charge < -0.3 is 10.6 Å². The van der Waals surface area contributed by atoms with Crippen LogP contribution in [0.2, 0.25) is 0 Å². The van der Waals surface area contributed by atoms with Gasteiger partial charge >= 0.3 is 0 Å². The van der Waals surface area contributed by atoms with E-state index in [0.717, 1.165) is 30.2 Å². The second-order valence-electron chi connectivity index (χ2n) is 5.44. The Morgan fingerprint density at radius 2 is 2.20 bits per heavy atom. The molecule has 0 aliphatic rings. The molecule has 0 amide bonds. The quantitative estimate of drug-likeness (QED) is 0.760. The molecule has 5 heteroatoms. The molecule has 2 aromatic rings. The minimum Gasteiger partial charge on any atom is -0.358 e. The fourth-order valence-electron chi connectivity index (χ4n) is 2.41. The van der Waals surface area contributed by atoms with Crippen LogP contribution in [0.4, 0.5) is 5.82 Å². The van der Waals surface area contributed by atoms with Crippen molar-refractivity contribution >= 4 is 22.1 Å². The number of rotatable bonds is 8. The Morgan fingerprint density at radius 3 is 2.90 bits per heavy atom. The van der Waals surface area contributed by atoms with Crippen molar-refractivity contribution in [1.82, 2.24) is 9.38 Å². The monoisotopic (exact) mass is 294 g/mol. The molecule has 2 rings (SSSR count). The van der Waals surface area contributed by atoms with E-state index in [-0.39, 0.29) is 6.04 Å². The van der Waals surface area contributed by atoms with Gasteiger partial charge in [0.2, 0.25) is 0 Å². The third-order valence-electron chi connectivity index (χ3n) is 3.78. The van der Waals surface area contributed by atoms with Gasteiger partial charge in [0.1, 0.15) is 0 Å². The zero-order valence-corrected chi connectivity index (χ0v) is 13.6. The number of anilines is 1. The number of unbranched alkanes of at least 4 members (excludes halogenated alkanes) is 2. The second kappa shape index (κ2) is 7.09. The summed E-state index contributed by atoms with van der Waals surface area (Å²) in [6.45, 7) is 5.44. The SMILES string of the molecule is CCCCCN(C)c1nc2sccn2c1CC(N)CC. The highest BCUT2D eigenvalue weighted by Crippen LogP contribution is 2.25. The van der Waals surface area contributed by atoms with Crippen LogP contribution in [-0.2, 0) is 6.42 Å². The molecule has 2 aromatic heterocycles. The Kier molecular flexibility index (Phi) is 5.43. The van der Waals surface area contributed by atoms with Gasteiger partial charge in [-0.15, -0.1) is 11.3 Å². The first-order chi connectivity index (χ1) is 9.67. The molecule has 0 fully saturated rings. The Hall–Kier alpha value is -1.07. The fourth-order valence-corrected chi connectivity index (χ4v) is 3.14. The number of fused-ring (bicyclic) bond motifs is 1. The Morgan fingerprint density at radius 1 is 1.40 bits per heavy atom. The maximum Gasteiger partial charge on any atom is 0.195 e. The van der Waals surface area contributed by atoms with Crippen molar-refractivity contribution in [3.63, 3.8) is 0 Å². The molecule has 0 aliphatic carbocycles. The molecule has 112 valence electrons. The lowest BCUT2D eigenvalue weighted by atomic mass is 10.1. The molecule has 4 nitrogen and oxygen atoms in total. The number of hydrogen-bond donors (Lipinski definition) is 1. The van der Waals surface area contributed by atoms with Gasteiger partial charge in [-0.25, -0.2) is 4.98 Å². The average Bonchev–Trinajstić information content (AvgIpc) is 3.01. The van der Waals surface area contributed by atoms with Gasteiger partial charge in [0.05, 0.1) is 5.69 Å². The minimum absolute atomic E-state index is 0.206. The van der Waals surface area contributed by atoms with Gasteiger partial charge in [0.25, 0.3) is 0 Å². The van der Waals surface area contributed by atoms with Crippen molar-refractivity contribution in [3.05, 3.63) is 17.3 Å². The van der Waals surface area contributed by atoms with Gasteiger partial charge in [-0.2, -0.15) is 0 Å². The Labute approximate surface area is 125 Å². The summed E-state index contributed by atoms with van der Waals surface area (Å²) in [7, 11) is 2.14. The van der Waals surface area contributed by atoms with Crippen molar-refractivity contribution in [2.75, 3.05) is 18.5 Å². The standard InChI is InChI=1S/C15H26N4S/c1-4-6-7-8-18(3)14-13(11-12(16)5-2)19-9-10-20-15(19)17-14/h9-10,12H,4-8,11,16H2,1-3H3. The van der Waals surface area contributed by atoms with E-state index >= 15 is 0 Å². The summed E-state index contributed by atoms with van der Waals surface area (Å²) < 4.78 is 2.20. The molecule has 0 bridgehead atoms. The number of imidazole rings is 1. The molecule has 0 saturated carbocycles. The molecule has 0 aromatic carbocycles. The van der Waals surface area contributed by atoms with Crippen molar-refractivity contribution in [1.29, 1.82) is 0 Å². The van der Waals surface area contributed by atoms with Crippen LogP contribution < -0.4 is 10.6 Å². The van der Waals surface area contributed by atoms with Crippen molar-refractivity contribution in [3.8, 4) is 0 Å². The van der Waals surface area contributed by atoms with Crippen molar-refractivity contribution < 1.29 is 0 Å². The first-order valence-corrected chi connectivity index (χ1v) is 8.46. The summed E-state index contributed by atoms with van der Waals surface area (Å²) in [5.41, 5.74) is 7.42. The van der Waals surface area contributed by atoms with E-state index in [1.165, 1.54) is 25.0 Å². The van der Waals surface area contributed by atoms with E-state index in [2.05, 4.69) is 41.8 Å². The second-order valence-corrected chi connectivity index (χ2v) is 6.31. The third-order valence-corrected chi connectivity index (χ3v) is 4.54. The Bertz CT molecular complexity index is 531. The lowest BCUT2D eigenvalue weighted by molar-refractivity contribution is 0.631. The number of thiazole rings is 1. The fraction of sp³-hybridized carbons (Fsp3) is 0.667. The van der Waals surface area contributed by atoms with Gasteiger partial charge in [-0.3, -0.25) is 4.40 Å². The van der Waals surface area contributed by atoms with Gasteiger partial charge in [0, 0.05) is 37.6 Å². The van der Waals surface area contributed by atoms with E-state index in [9.17, 15) is 0 Å². The molecule has 2 heterocycles. The summed E-state index contributed by atoms with van der Waals surface area (Å²) in [5.74, 6) is 1.11. The Balaban J connectivity index is 2.21. The molecule has 0 aliphatic heterocycles. The summed E-state index contributed by atoms with van der Waals surface area (Å²) >= 11 is 1.69. The van der Waals surface area contributed by atoms with E-state index in [1.54, 1.807) is 11.3 Å². The highest BCUT2D eigenvalue weighted by Gasteiger charge is 2.18. The first kappa shape index (κ1) is 15.3. The predicted molar refractivity (Wildman–Crippen MR) is 87.8 cm³/mol. The van der Waals surface area contributed by atoms with Gasteiger partial charge in [-0.05, 0) is 12.8 Å². The summed E-state index contributed by atoms with van der Waals surface area (Å²) in [4.78, 5) is 8.15. The first-order valence-electron chi connectivity index (χ1n) is 7.58. The van der Waals surface area contributed by atoms with Crippen LogP contribution in [0, 0.1) is 0 Å². The summed E-state index contributed by atoms with van der Waals surface area (Å²) in [5, 5.41) is 2.09. The lowest BCUT2D eigenvalue weighted by Gasteiger charge is -2.19. The molecule has 20 heavy (non-hydrogen) atoms. The third kappa shape index (κ3) is 3.33. The number of aromatic nitrogens is 2. The molecule has 1 unspecified atom stereocenters. The molecule has 0 saturated heterocycles. The molecule has 0 radical (unpaired) electrons. The highest BCUT2D eigenvalue weighted by molar-refractivity contribution is 7.15. The van der Waals surface area contributed by atoms with Crippen LogP contribution in [0.5, 0.6) is 0 Å². The zero-order valence-electron chi connectivity index (χ0n) is 12.8. The number of nitrogens with two attached hydrogens (primary N) is 1. The molecule has 1 atom stereocenters. The topological polar surface area (TPSA) is 46.6 Å². The van der Waals surface area contributed by atoms with E-state index in [1.807, 2.05) is 0 Å². The summed E-state index contributed by atoms with van der Waals surface area (Å²) in [6.07, 6.45) is 7.74. The van der Waals surface area contributed by atoms with E-state index in [4.69, 9.17) is 10.7 Å². The van der Waals surface area contributed by atoms with Crippen LogP contribution >= 0.6 is 11.3 Å². The molecule has 0 spiro atoms. The highest BCUT2D eigenvalue weighted by atomic mass is 32.1. The molecular weight excluding hydrogens is 268 g/mol. The van der Waals surface area contributed by atoms with Crippen LogP contribution in [0.3, 0.4) is 0 Å². The van der Waals surface area contributed by atoms with Crippen molar-refractivity contribution in [2.24, 2.45) is 5.73 Å². The maximum absolute atomic E-state index is 6.16. The van der Waals surface area contributed by atoms with Crippen molar-refractivity contribution in [2.45, 2.75) is 52.0 Å². The number of nitrogens with zero attached hydrogens (tertiary/aromatic N) is 3.